The first kappa shape index (κ1) is 25.7. The van der Waals surface area contributed by atoms with Gasteiger partial charge < -0.3 is 20.4 Å². The molecule has 0 aromatic rings. The normalized spacial score (nSPS) is 45.2. The molecule has 6 rings (SSSR count). The van der Waals surface area contributed by atoms with Gasteiger partial charge in [0.2, 0.25) is 5.91 Å². The summed E-state index contributed by atoms with van der Waals surface area (Å²) in [5.74, 6) is 0.212. The number of piperazine rings is 1. The largest absolute Gasteiger partial charge is 0.352 e. The Bertz CT molecular complexity index is 862. The molecule has 10 unspecified atom stereocenters. The summed E-state index contributed by atoms with van der Waals surface area (Å²) >= 11 is 0. The van der Waals surface area contributed by atoms with Crippen molar-refractivity contribution in [2.24, 2.45) is 11.8 Å². The number of nitrogens with zero attached hydrogens (tertiary/aromatic N) is 4. The highest BCUT2D eigenvalue weighted by Crippen LogP contribution is 2.39. The van der Waals surface area contributed by atoms with Gasteiger partial charge in [0.25, 0.3) is 0 Å². The number of carbonyl (C=O) groups excluding carboxylic acids is 2. The highest BCUT2D eigenvalue weighted by atomic mass is 19.1. The van der Waals surface area contributed by atoms with E-state index in [9.17, 15) is 18.4 Å². The van der Waals surface area contributed by atoms with Gasteiger partial charge in [0.1, 0.15) is 12.3 Å². The summed E-state index contributed by atoms with van der Waals surface area (Å²) in [6, 6.07) is 0.516. The lowest BCUT2D eigenvalue weighted by molar-refractivity contribution is -0.124. The molecule has 2 saturated carbocycles. The lowest BCUT2D eigenvalue weighted by Crippen LogP contribution is -2.56. The number of amides is 3. The van der Waals surface area contributed by atoms with Gasteiger partial charge in [0.15, 0.2) is 0 Å². The van der Waals surface area contributed by atoms with E-state index in [4.69, 9.17) is 0 Å². The van der Waals surface area contributed by atoms with Crippen LogP contribution >= 0.6 is 0 Å². The van der Waals surface area contributed by atoms with Crippen molar-refractivity contribution in [1.29, 1.82) is 0 Å². The SMILES string of the molecule is CC1CCC(F)C2CC(C(=O)NC3CC(F)CC(N4CCC(N5CCN6C(=O)N(C)CC6C5)C4)C3)NC12. The minimum absolute atomic E-state index is 0.0682. The van der Waals surface area contributed by atoms with Crippen LogP contribution in [-0.2, 0) is 4.79 Å². The minimum atomic E-state index is -0.916. The topological polar surface area (TPSA) is 71.2 Å². The molecule has 3 amide bonds. The molecular weight excluding hydrogens is 478 g/mol. The van der Waals surface area contributed by atoms with Gasteiger partial charge in [0.05, 0.1) is 12.1 Å². The maximum Gasteiger partial charge on any atom is 0.320 e. The molecule has 10 atom stereocenters. The fourth-order valence-corrected chi connectivity index (χ4v) is 8.37. The minimum Gasteiger partial charge on any atom is -0.352 e. The molecule has 0 spiro atoms. The number of nitrogens with one attached hydrogen (secondary N) is 2. The summed E-state index contributed by atoms with van der Waals surface area (Å²) in [6.45, 7) is 7.42. The lowest BCUT2D eigenvalue weighted by atomic mass is 9.77. The molecule has 0 bridgehead atoms. The van der Waals surface area contributed by atoms with Crippen LogP contribution < -0.4 is 10.6 Å². The number of likely N-dealkylation sites (tertiary alicyclic amines) is 1. The first-order chi connectivity index (χ1) is 17.8. The van der Waals surface area contributed by atoms with Crippen LogP contribution in [0, 0.1) is 11.8 Å². The molecule has 2 N–H and O–H groups in total. The summed E-state index contributed by atoms with van der Waals surface area (Å²) in [5, 5.41) is 6.56. The quantitative estimate of drug-likeness (QED) is 0.587. The Balaban J connectivity index is 1.01. The van der Waals surface area contributed by atoms with Crippen molar-refractivity contribution in [2.45, 2.75) is 100 Å². The Morgan fingerprint density at radius 3 is 2.51 bits per heavy atom. The van der Waals surface area contributed by atoms with E-state index in [0.717, 1.165) is 58.5 Å². The summed E-state index contributed by atoms with van der Waals surface area (Å²) < 4.78 is 29.4. The molecule has 2 aliphatic carbocycles. The molecule has 4 saturated heterocycles. The van der Waals surface area contributed by atoms with Gasteiger partial charge in [-0.3, -0.25) is 14.6 Å². The smallest absolute Gasteiger partial charge is 0.320 e. The van der Waals surface area contributed by atoms with E-state index in [1.54, 1.807) is 0 Å². The van der Waals surface area contributed by atoms with Crippen LogP contribution in [0.5, 0.6) is 0 Å². The molecule has 6 aliphatic rings. The van der Waals surface area contributed by atoms with Gasteiger partial charge in [-0.2, -0.15) is 0 Å². The van der Waals surface area contributed by atoms with Crippen molar-refractivity contribution in [3.05, 3.63) is 0 Å². The van der Waals surface area contributed by atoms with Crippen molar-refractivity contribution in [1.82, 2.24) is 30.2 Å². The van der Waals surface area contributed by atoms with Gasteiger partial charge in [0, 0.05) is 76.4 Å². The number of hydrogen-bond acceptors (Lipinski definition) is 5. The predicted octanol–water partition coefficient (Wildman–Crippen LogP) is 1.60. The maximum atomic E-state index is 14.9. The number of halogens is 2. The number of rotatable bonds is 4. The van der Waals surface area contributed by atoms with Crippen molar-refractivity contribution < 1.29 is 18.4 Å². The number of alkyl halides is 2. The average molecular weight is 523 g/mol. The van der Waals surface area contributed by atoms with Gasteiger partial charge in [-0.05, 0) is 50.9 Å². The number of hydrogen-bond donors (Lipinski definition) is 2. The van der Waals surface area contributed by atoms with Crippen LogP contribution in [-0.4, -0.2) is 126 Å². The summed E-state index contributed by atoms with van der Waals surface area (Å²) in [5.41, 5.74) is 0. The molecule has 10 heteroatoms. The number of carbonyl (C=O) groups is 2. The molecule has 0 aromatic heterocycles. The van der Waals surface area contributed by atoms with Crippen LogP contribution in [0.15, 0.2) is 0 Å². The number of fused-ring (bicyclic) bond motifs is 2. The fraction of sp³-hybridized carbons (Fsp3) is 0.926. The molecule has 0 aromatic carbocycles. The molecule has 4 aliphatic heterocycles. The van der Waals surface area contributed by atoms with Crippen LogP contribution in [0.25, 0.3) is 0 Å². The Labute approximate surface area is 219 Å². The first-order valence-corrected chi connectivity index (χ1v) is 14.6. The predicted molar refractivity (Wildman–Crippen MR) is 137 cm³/mol. The standard InChI is InChI=1S/C27H44F2N6O2/c1-16-3-4-23(29)22-12-24(31-25(16)22)26(36)30-18-9-17(28)10-20(11-18)33-6-5-19(14-33)34-7-8-35-21(15-34)13-32(2)27(35)37/h16-25,31H,3-15H2,1-2H3,(H,30,36). The van der Waals surface area contributed by atoms with Crippen molar-refractivity contribution in [3.8, 4) is 0 Å². The van der Waals surface area contributed by atoms with E-state index in [2.05, 4.69) is 27.4 Å². The Morgan fingerprint density at radius 2 is 1.70 bits per heavy atom. The molecule has 4 heterocycles. The van der Waals surface area contributed by atoms with Crippen LogP contribution in [0.2, 0.25) is 0 Å². The zero-order valence-electron chi connectivity index (χ0n) is 22.3. The van der Waals surface area contributed by atoms with Gasteiger partial charge in [-0.1, -0.05) is 6.92 Å². The highest BCUT2D eigenvalue weighted by Gasteiger charge is 2.47. The van der Waals surface area contributed by atoms with E-state index < -0.39 is 12.3 Å². The number of likely N-dealkylation sites (N-methyl/N-ethyl adjacent to an activating group) is 1. The van der Waals surface area contributed by atoms with Gasteiger partial charge in [-0.15, -0.1) is 0 Å². The van der Waals surface area contributed by atoms with Crippen molar-refractivity contribution in [3.63, 3.8) is 0 Å². The molecule has 208 valence electrons. The Morgan fingerprint density at radius 1 is 0.919 bits per heavy atom. The van der Waals surface area contributed by atoms with Crippen molar-refractivity contribution in [2.75, 3.05) is 46.3 Å². The second-order valence-corrected chi connectivity index (χ2v) is 12.8. The fourth-order valence-electron chi connectivity index (χ4n) is 8.37. The van der Waals surface area contributed by atoms with E-state index in [1.165, 1.54) is 0 Å². The van der Waals surface area contributed by atoms with E-state index >= 15 is 0 Å². The average Bonchev–Trinajstić information content (AvgIpc) is 3.60. The van der Waals surface area contributed by atoms with Crippen LogP contribution in [0.4, 0.5) is 13.6 Å². The highest BCUT2D eigenvalue weighted by molar-refractivity contribution is 5.82. The van der Waals surface area contributed by atoms with E-state index in [1.807, 2.05) is 16.8 Å². The first-order valence-electron chi connectivity index (χ1n) is 14.6. The lowest BCUT2D eigenvalue weighted by Gasteiger charge is -2.41. The summed E-state index contributed by atoms with van der Waals surface area (Å²) in [4.78, 5) is 34.2. The molecule has 37 heavy (non-hydrogen) atoms. The zero-order chi connectivity index (χ0) is 25.8. The van der Waals surface area contributed by atoms with Crippen molar-refractivity contribution >= 4 is 11.9 Å². The third-order valence-electron chi connectivity index (χ3n) is 10.4. The molecule has 8 nitrogen and oxygen atoms in total. The second-order valence-electron chi connectivity index (χ2n) is 12.8. The van der Waals surface area contributed by atoms with Crippen LogP contribution in [0.3, 0.4) is 0 Å². The number of urea groups is 1. The third kappa shape index (κ3) is 4.98. The summed E-state index contributed by atoms with van der Waals surface area (Å²) in [7, 11) is 1.88. The monoisotopic (exact) mass is 522 g/mol. The van der Waals surface area contributed by atoms with Gasteiger partial charge >= 0.3 is 6.03 Å². The zero-order valence-corrected chi connectivity index (χ0v) is 22.3. The molecular formula is C27H44F2N6O2. The van der Waals surface area contributed by atoms with Gasteiger partial charge in [-0.25, -0.2) is 13.6 Å². The third-order valence-corrected chi connectivity index (χ3v) is 10.4. The van der Waals surface area contributed by atoms with E-state index in [0.29, 0.717) is 37.6 Å². The molecule has 0 radical (unpaired) electrons. The second kappa shape index (κ2) is 10.2. The van der Waals surface area contributed by atoms with E-state index in [-0.39, 0.29) is 48.1 Å². The maximum absolute atomic E-state index is 14.9. The molecule has 6 fully saturated rings. The summed E-state index contributed by atoms with van der Waals surface area (Å²) in [6.07, 6.45) is 2.99. The Kier molecular flexibility index (Phi) is 7.11. The Hall–Kier alpha value is -1.52. The van der Waals surface area contributed by atoms with Crippen LogP contribution in [0.1, 0.15) is 51.9 Å².